The number of aryl methyl sites for hydroxylation is 3. The number of nitrogens with zero attached hydrogens (tertiary/aromatic N) is 1. The van der Waals surface area contributed by atoms with Crippen molar-refractivity contribution in [3.8, 4) is 11.5 Å². The predicted octanol–water partition coefficient (Wildman–Crippen LogP) is 6.43. The smallest absolute Gasteiger partial charge is 0.262 e. The molecule has 0 spiro atoms. The molecule has 0 aromatic heterocycles. The van der Waals surface area contributed by atoms with Gasteiger partial charge in [-0.05, 0) is 86.3 Å². The second kappa shape index (κ2) is 10.8. The molecule has 0 atom stereocenters. The Morgan fingerprint density at radius 3 is 2.56 bits per heavy atom. The van der Waals surface area contributed by atoms with Gasteiger partial charge in [-0.2, -0.15) is 0 Å². The zero-order valence-electron chi connectivity index (χ0n) is 18.7. The van der Waals surface area contributed by atoms with E-state index < -0.39 is 0 Å². The van der Waals surface area contributed by atoms with Crippen LogP contribution < -0.4 is 14.8 Å². The van der Waals surface area contributed by atoms with Crippen LogP contribution in [-0.2, 0) is 4.79 Å². The largest absolute Gasteiger partial charge is 0.490 e. The summed E-state index contributed by atoms with van der Waals surface area (Å²) >= 11 is 6.46. The Kier molecular flexibility index (Phi) is 7.90. The monoisotopic (exact) mass is 450 g/mol. The number of carbonyl (C=O) groups excluding carboxylic acids is 1. The summed E-state index contributed by atoms with van der Waals surface area (Å²) in [6, 6.07) is 17.1. The van der Waals surface area contributed by atoms with Crippen LogP contribution in [-0.4, -0.2) is 25.3 Å². The number of benzene rings is 3. The van der Waals surface area contributed by atoms with Crippen molar-refractivity contribution in [2.45, 2.75) is 27.7 Å². The molecule has 0 heterocycles. The third kappa shape index (κ3) is 6.34. The molecule has 6 heteroatoms. The van der Waals surface area contributed by atoms with Crippen molar-refractivity contribution < 1.29 is 14.3 Å². The average molecular weight is 451 g/mol. The number of halogens is 1. The van der Waals surface area contributed by atoms with Crippen molar-refractivity contribution in [1.29, 1.82) is 0 Å². The van der Waals surface area contributed by atoms with Gasteiger partial charge in [-0.1, -0.05) is 29.8 Å². The highest BCUT2D eigenvalue weighted by molar-refractivity contribution is 6.32. The lowest BCUT2D eigenvalue weighted by atomic mass is 10.1. The fourth-order valence-electron chi connectivity index (χ4n) is 3.08. The highest BCUT2D eigenvalue weighted by Gasteiger charge is 2.14. The molecule has 166 valence electrons. The molecular weight excluding hydrogens is 424 g/mol. The maximum absolute atomic E-state index is 12.3. The van der Waals surface area contributed by atoms with E-state index in [0.29, 0.717) is 28.8 Å². The molecule has 3 aromatic rings. The molecule has 0 aliphatic carbocycles. The maximum Gasteiger partial charge on any atom is 0.262 e. The third-order valence-electron chi connectivity index (χ3n) is 4.83. The minimum absolute atomic E-state index is 0.191. The lowest BCUT2D eigenvalue weighted by molar-refractivity contribution is -0.118. The second-order valence-corrected chi connectivity index (χ2v) is 7.90. The number of carbonyl (C=O) groups is 1. The van der Waals surface area contributed by atoms with Crippen LogP contribution >= 0.6 is 11.6 Å². The van der Waals surface area contributed by atoms with Crippen molar-refractivity contribution in [2.24, 2.45) is 4.99 Å². The van der Waals surface area contributed by atoms with Crippen LogP contribution in [0.4, 0.5) is 11.4 Å². The van der Waals surface area contributed by atoms with E-state index in [-0.39, 0.29) is 12.5 Å². The lowest BCUT2D eigenvalue weighted by Gasteiger charge is -2.14. The van der Waals surface area contributed by atoms with Gasteiger partial charge in [-0.3, -0.25) is 9.79 Å². The molecular formula is C26H27ClN2O3. The number of nitrogens with one attached hydrogen (secondary N) is 1. The molecule has 0 unspecified atom stereocenters. The number of anilines is 1. The molecule has 5 nitrogen and oxygen atoms in total. The number of rotatable bonds is 8. The Balaban J connectivity index is 1.73. The molecule has 1 N–H and O–H groups in total. The van der Waals surface area contributed by atoms with Crippen molar-refractivity contribution in [3.63, 3.8) is 0 Å². The zero-order valence-corrected chi connectivity index (χ0v) is 19.5. The standard InChI is InChI=1S/C26H27ClN2O3/c1-5-31-24-14-20(15-28-21-10-9-18(3)19(4)12-21)13-23(27)26(24)32-16-25(30)29-22-8-6-7-17(2)11-22/h6-15H,5,16H2,1-4H3,(H,29,30). The van der Waals surface area contributed by atoms with Gasteiger partial charge in [0.25, 0.3) is 5.91 Å². The highest BCUT2D eigenvalue weighted by atomic mass is 35.5. The second-order valence-electron chi connectivity index (χ2n) is 7.50. The van der Waals surface area contributed by atoms with Gasteiger partial charge in [0, 0.05) is 11.9 Å². The van der Waals surface area contributed by atoms with Gasteiger partial charge in [-0.25, -0.2) is 0 Å². The molecule has 0 aliphatic rings. The van der Waals surface area contributed by atoms with Gasteiger partial charge in [0.15, 0.2) is 18.1 Å². The van der Waals surface area contributed by atoms with E-state index in [2.05, 4.69) is 24.2 Å². The molecule has 1 amide bonds. The third-order valence-corrected chi connectivity index (χ3v) is 5.12. The first-order valence-corrected chi connectivity index (χ1v) is 10.8. The Hall–Kier alpha value is -3.31. The quantitative estimate of drug-likeness (QED) is 0.402. The van der Waals surface area contributed by atoms with Crippen molar-refractivity contribution in [1.82, 2.24) is 0 Å². The molecule has 0 aliphatic heterocycles. The summed E-state index contributed by atoms with van der Waals surface area (Å²) in [7, 11) is 0. The first-order chi connectivity index (χ1) is 15.4. The number of ether oxygens (including phenoxy) is 2. The number of hydrogen-bond acceptors (Lipinski definition) is 4. The number of amides is 1. The molecule has 0 fully saturated rings. The molecule has 0 saturated heterocycles. The first kappa shape index (κ1) is 23.4. The summed E-state index contributed by atoms with van der Waals surface area (Å²) in [4.78, 5) is 16.8. The molecule has 0 saturated carbocycles. The van der Waals surface area contributed by atoms with Crippen LogP contribution in [0.3, 0.4) is 0 Å². The fraction of sp³-hybridized carbons (Fsp3) is 0.231. The summed E-state index contributed by atoms with van der Waals surface area (Å²) < 4.78 is 11.4. The van der Waals surface area contributed by atoms with Gasteiger partial charge in [-0.15, -0.1) is 0 Å². The average Bonchev–Trinajstić information content (AvgIpc) is 2.74. The van der Waals surface area contributed by atoms with Crippen molar-refractivity contribution >= 4 is 35.1 Å². The SMILES string of the molecule is CCOc1cc(C=Nc2ccc(C)c(C)c2)cc(Cl)c1OCC(=O)Nc1cccc(C)c1. The molecule has 32 heavy (non-hydrogen) atoms. The Bertz CT molecular complexity index is 1140. The minimum Gasteiger partial charge on any atom is -0.490 e. The summed E-state index contributed by atoms with van der Waals surface area (Å²) in [6.07, 6.45) is 1.73. The van der Waals surface area contributed by atoms with Crippen LogP contribution in [0.1, 0.15) is 29.2 Å². The Labute approximate surface area is 194 Å². The van der Waals surface area contributed by atoms with Gasteiger partial charge >= 0.3 is 0 Å². The van der Waals surface area contributed by atoms with Crippen LogP contribution in [0.2, 0.25) is 5.02 Å². The van der Waals surface area contributed by atoms with Crippen LogP contribution in [0.5, 0.6) is 11.5 Å². The van der Waals surface area contributed by atoms with E-state index in [4.69, 9.17) is 21.1 Å². The van der Waals surface area contributed by atoms with E-state index in [9.17, 15) is 4.79 Å². The lowest BCUT2D eigenvalue weighted by Crippen LogP contribution is -2.20. The minimum atomic E-state index is -0.283. The van der Waals surface area contributed by atoms with Crippen LogP contribution in [0, 0.1) is 20.8 Å². The summed E-state index contributed by atoms with van der Waals surface area (Å²) in [5, 5.41) is 3.16. The highest BCUT2D eigenvalue weighted by Crippen LogP contribution is 2.36. The van der Waals surface area contributed by atoms with E-state index in [1.54, 1.807) is 18.3 Å². The molecule has 3 aromatic carbocycles. The van der Waals surface area contributed by atoms with Crippen LogP contribution in [0.15, 0.2) is 59.6 Å². The number of hydrogen-bond donors (Lipinski definition) is 1. The van der Waals surface area contributed by atoms with E-state index in [1.807, 2.05) is 56.3 Å². The van der Waals surface area contributed by atoms with E-state index >= 15 is 0 Å². The van der Waals surface area contributed by atoms with Crippen LogP contribution in [0.25, 0.3) is 0 Å². The molecule has 0 bridgehead atoms. The van der Waals surface area contributed by atoms with Crippen molar-refractivity contribution in [2.75, 3.05) is 18.5 Å². The zero-order chi connectivity index (χ0) is 23.1. The van der Waals surface area contributed by atoms with Gasteiger partial charge in [0.1, 0.15) is 0 Å². The van der Waals surface area contributed by atoms with E-state index in [1.165, 1.54) is 11.1 Å². The van der Waals surface area contributed by atoms with Crippen molar-refractivity contribution in [3.05, 3.63) is 81.9 Å². The summed E-state index contributed by atoms with van der Waals surface area (Å²) in [6.45, 7) is 8.20. The predicted molar refractivity (Wildman–Crippen MR) is 131 cm³/mol. The Morgan fingerprint density at radius 1 is 1.03 bits per heavy atom. The number of aliphatic imine (C=N–C) groups is 1. The summed E-state index contributed by atoms with van der Waals surface area (Å²) in [5.74, 6) is 0.510. The Morgan fingerprint density at radius 2 is 1.84 bits per heavy atom. The van der Waals surface area contributed by atoms with E-state index in [0.717, 1.165) is 16.8 Å². The first-order valence-electron chi connectivity index (χ1n) is 10.4. The molecule has 0 radical (unpaired) electrons. The van der Waals surface area contributed by atoms with Gasteiger partial charge in [0.2, 0.25) is 0 Å². The summed E-state index contributed by atoms with van der Waals surface area (Å²) in [5.41, 5.74) is 5.80. The maximum atomic E-state index is 12.3. The normalized spacial score (nSPS) is 10.9. The topological polar surface area (TPSA) is 59.9 Å². The van der Waals surface area contributed by atoms with Gasteiger partial charge in [0.05, 0.1) is 17.3 Å². The van der Waals surface area contributed by atoms with Gasteiger partial charge < -0.3 is 14.8 Å². The molecule has 3 rings (SSSR count). The fourth-order valence-corrected chi connectivity index (χ4v) is 3.35.